The van der Waals surface area contributed by atoms with Crippen molar-refractivity contribution in [2.75, 3.05) is 28.4 Å². The molecular weight excluding hydrogens is 455 g/mol. The zero-order valence-electron chi connectivity index (χ0n) is 20.8. The summed E-state index contributed by atoms with van der Waals surface area (Å²) in [6.45, 7) is 5.78. The molecule has 184 valence electrons. The van der Waals surface area contributed by atoms with E-state index >= 15 is 0 Å². The van der Waals surface area contributed by atoms with Crippen LogP contribution in [0.5, 0.6) is 23.0 Å². The Bertz CT molecular complexity index is 987. The summed E-state index contributed by atoms with van der Waals surface area (Å²) in [5.74, 6) is 0.882. The summed E-state index contributed by atoms with van der Waals surface area (Å²) in [7, 11) is 5.66. The Morgan fingerprint density at radius 2 is 1.24 bits per heavy atom. The molecule has 0 radical (unpaired) electrons. The first-order chi connectivity index (χ1) is 16.1. The second kappa shape index (κ2) is 12.0. The third kappa shape index (κ3) is 6.15. The Morgan fingerprint density at radius 3 is 1.62 bits per heavy atom. The number of carbonyl (C=O) groups excluding carboxylic acids is 2. The highest BCUT2D eigenvalue weighted by atomic mass is 31.1. The number of ketones is 2. The quantitative estimate of drug-likeness (QED) is 0.257. The molecule has 0 N–H and O–H groups in total. The lowest BCUT2D eigenvalue weighted by Gasteiger charge is -2.30. The van der Waals surface area contributed by atoms with E-state index in [2.05, 4.69) is 0 Å². The summed E-state index contributed by atoms with van der Waals surface area (Å²) in [4.78, 5) is 26.6. The van der Waals surface area contributed by atoms with Crippen molar-refractivity contribution in [3.05, 3.63) is 47.5 Å². The molecule has 2 atom stereocenters. The number of rotatable bonds is 13. The van der Waals surface area contributed by atoms with E-state index in [0.29, 0.717) is 35.0 Å². The molecule has 2 aromatic rings. The maximum absolute atomic E-state index is 13.4. The van der Waals surface area contributed by atoms with E-state index in [9.17, 15) is 14.2 Å². The molecule has 0 aliphatic heterocycles. The molecule has 7 nitrogen and oxygen atoms in total. The molecule has 0 heterocycles. The zero-order valence-corrected chi connectivity index (χ0v) is 21.7. The van der Waals surface area contributed by atoms with Crippen molar-refractivity contribution in [2.24, 2.45) is 11.3 Å². The second-order valence-corrected chi connectivity index (χ2v) is 9.70. The van der Waals surface area contributed by atoms with Crippen molar-refractivity contribution < 1.29 is 33.1 Å². The molecule has 2 rings (SSSR count). The summed E-state index contributed by atoms with van der Waals surface area (Å²) < 4.78 is 33.6. The minimum Gasteiger partial charge on any atom is -0.496 e. The smallest absolute Gasteiger partial charge is 0.185 e. The minimum atomic E-state index is -0.819. The van der Waals surface area contributed by atoms with Crippen LogP contribution in [0.1, 0.15) is 54.3 Å². The number of ether oxygens (including phenoxy) is 4. The highest BCUT2D eigenvalue weighted by Crippen LogP contribution is 2.40. The predicted molar refractivity (Wildman–Crippen MR) is 131 cm³/mol. The SMILES string of the molecule is COc1cccc(OC)c1C(=O)CC(C)(C)CC(C)C(P=O)C(=O)c1c(OC)cccc1OC. The summed E-state index contributed by atoms with van der Waals surface area (Å²) in [5, 5.41) is 0. The van der Waals surface area contributed by atoms with Crippen LogP contribution in [0, 0.1) is 11.3 Å². The van der Waals surface area contributed by atoms with Crippen LogP contribution < -0.4 is 18.9 Å². The Hall–Kier alpha value is -2.92. The lowest BCUT2D eigenvalue weighted by atomic mass is 9.76. The number of carbonyl (C=O) groups is 2. The first-order valence-electron chi connectivity index (χ1n) is 11.0. The van der Waals surface area contributed by atoms with Gasteiger partial charge < -0.3 is 18.9 Å². The number of benzene rings is 2. The monoisotopic (exact) mass is 488 g/mol. The molecule has 8 heteroatoms. The second-order valence-electron chi connectivity index (χ2n) is 8.94. The van der Waals surface area contributed by atoms with Crippen LogP contribution in [0.25, 0.3) is 0 Å². The van der Waals surface area contributed by atoms with E-state index in [1.807, 2.05) is 20.8 Å². The fourth-order valence-electron chi connectivity index (χ4n) is 4.36. The molecule has 0 saturated carbocycles. The third-order valence-electron chi connectivity index (χ3n) is 5.82. The lowest BCUT2D eigenvalue weighted by Crippen LogP contribution is -2.29. The van der Waals surface area contributed by atoms with Gasteiger partial charge in [-0.15, -0.1) is 0 Å². The van der Waals surface area contributed by atoms with Crippen LogP contribution in [0.4, 0.5) is 0 Å². The van der Waals surface area contributed by atoms with E-state index in [4.69, 9.17) is 18.9 Å². The van der Waals surface area contributed by atoms with Crippen LogP contribution in [-0.4, -0.2) is 45.7 Å². The van der Waals surface area contributed by atoms with Crippen molar-refractivity contribution in [2.45, 2.75) is 39.3 Å². The molecule has 0 aromatic heterocycles. The van der Waals surface area contributed by atoms with Gasteiger partial charge in [0.25, 0.3) is 0 Å². The Kier molecular flexibility index (Phi) is 9.63. The number of methoxy groups -OCH3 is 4. The summed E-state index contributed by atoms with van der Waals surface area (Å²) in [6.07, 6.45) is 0.683. The van der Waals surface area contributed by atoms with Gasteiger partial charge in [-0.3, -0.25) is 14.2 Å². The van der Waals surface area contributed by atoms with Crippen LogP contribution in [0.3, 0.4) is 0 Å². The minimum absolute atomic E-state index is 0.125. The zero-order chi connectivity index (χ0) is 25.5. The van der Waals surface area contributed by atoms with Crippen molar-refractivity contribution in [1.82, 2.24) is 0 Å². The van der Waals surface area contributed by atoms with E-state index in [1.165, 1.54) is 28.4 Å². The molecule has 2 unspecified atom stereocenters. The number of hydrogen-bond donors (Lipinski definition) is 0. The number of Topliss-reactive ketones (excluding diaryl/α,β-unsaturated/α-hetero) is 2. The van der Waals surface area contributed by atoms with Gasteiger partial charge in [0.05, 0.1) is 28.4 Å². The average Bonchev–Trinajstić information content (AvgIpc) is 2.82. The molecule has 0 aliphatic carbocycles. The first kappa shape index (κ1) is 27.3. The van der Waals surface area contributed by atoms with Gasteiger partial charge in [-0.05, 0) is 42.0 Å². The summed E-state index contributed by atoms with van der Waals surface area (Å²) >= 11 is 0. The molecule has 0 aliphatic rings. The molecule has 0 bridgehead atoms. The Morgan fingerprint density at radius 1 is 0.824 bits per heavy atom. The van der Waals surface area contributed by atoms with Gasteiger partial charge in [-0.2, -0.15) is 0 Å². The van der Waals surface area contributed by atoms with Crippen LogP contribution in [-0.2, 0) is 4.57 Å². The fraction of sp³-hybridized carbons (Fsp3) is 0.462. The van der Waals surface area contributed by atoms with Gasteiger partial charge in [-0.1, -0.05) is 32.9 Å². The number of hydrogen-bond acceptors (Lipinski definition) is 7. The molecule has 0 fully saturated rings. The maximum Gasteiger partial charge on any atom is 0.185 e. The standard InChI is InChI=1S/C26H33O7P/c1-16(25(34-29)24(28)23-20(32-6)12-9-13-21(23)33-7)14-26(2,3)15-17(27)22-18(30-4)10-8-11-19(22)31-5/h8-13,16,25H,14-15H2,1-7H3. The van der Waals surface area contributed by atoms with Crippen molar-refractivity contribution in [1.29, 1.82) is 0 Å². The third-order valence-corrected chi connectivity index (χ3v) is 6.79. The van der Waals surface area contributed by atoms with Crippen molar-refractivity contribution >= 4 is 20.0 Å². The van der Waals surface area contributed by atoms with E-state index in [1.54, 1.807) is 36.4 Å². The van der Waals surface area contributed by atoms with Crippen molar-refractivity contribution in [3.63, 3.8) is 0 Å². The van der Waals surface area contributed by atoms with E-state index < -0.39 is 11.1 Å². The van der Waals surface area contributed by atoms with Gasteiger partial charge in [-0.25, -0.2) is 0 Å². The van der Waals surface area contributed by atoms with Crippen molar-refractivity contribution in [3.8, 4) is 23.0 Å². The predicted octanol–water partition coefficient (Wildman–Crippen LogP) is 5.89. The van der Waals surface area contributed by atoms with Gasteiger partial charge in [0.2, 0.25) is 0 Å². The van der Waals surface area contributed by atoms with Gasteiger partial charge in [0.1, 0.15) is 39.8 Å². The lowest BCUT2D eigenvalue weighted by molar-refractivity contribution is 0.0898. The molecule has 0 saturated heterocycles. The normalized spacial score (nSPS) is 13.1. The van der Waals surface area contributed by atoms with Gasteiger partial charge >= 0.3 is 0 Å². The molecule has 2 aromatic carbocycles. The van der Waals surface area contributed by atoms with E-state index in [0.717, 1.165) is 0 Å². The van der Waals surface area contributed by atoms with Gasteiger partial charge in [0.15, 0.2) is 20.0 Å². The van der Waals surface area contributed by atoms with Gasteiger partial charge in [0, 0.05) is 6.42 Å². The highest BCUT2D eigenvalue weighted by Gasteiger charge is 2.36. The average molecular weight is 489 g/mol. The molecule has 34 heavy (non-hydrogen) atoms. The molecule has 0 spiro atoms. The Labute approximate surface area is 202 Å². The van der Waals surface area contributed by atoms with Crippen LogP contribution >= 0.6 is 8.46 Å². The van der Waals surface area contributed by atoms with Crippen LogP contribution in [0.15, 0.2) is 36.4 Å². The van der Waals surface area contributed by atoms with Crippen LogP contribution in [0.2, 0.25) is 0 Å². The first-order valence-corrected chi connectivity index (χ1v) is 11.8. The largest absolute Gasteiger partial charge is 0.496 e. The topological polar surface area (TPSA) is 88.1 Å². The molecular formula is C26H33O7P. The summed E-state index contributed by atoms with van der Waals surface area (Å²) in [6, 6.07) is 10.3. The maximum atomic E-state index is 13.4. The summed E-state index contributed by atoms with van der Waals surface area (Å²) in [5.41, 5.74) is -0.654. The molecule has 0 amide bonds. The van der Waals surface area contributed by atoms with E-state index in [-0.39, 0.29) is 37.9 Å². The Balaban J connectivity index is 2.27. The fourth-order valence-corrected chi connectivity index (χ4v) is 4.89. The highest BCUT2D eigenvalue weighted by molar-refractivity contribution is 7.26.